The van der Waals surface area contributed by atoms with Crippen molar-refractivity contribution in [1.82, 2.24) is 15.5 Å². The van der Waals surface area contributed by atoms with Crippen LogP contribution >= 0.6 is 24.0 Å². The van der Waals surface area contributed by atoms with Gasteiger partial charge in [0.1, 0.15) is 9.84 Å². The molecule has 3 atom stereocenters. The number of ether oxygens (including phenoxy) is 1. The van der Waals surface area contributed by atoms with E-state index in [4.69, 9.17) is 4.74 Å². The van der Waals surface area contributed by atoms with Gasteiger partial charge in [0.2, 0.25) is 0 Å². The Morgan fingerprint density at radius 2 is 1.89 bits per heavy atom. The Hall–Kier alpha value is -0.130. The van der Waals surface area contributed by atoms with Crippen LogP contribution < -0.4 is 10.6 Å². The fourth-order valence-electron chi connectivity index (χ4n) is 4.84. The molecule has 3 unspecified atom stereocenters. The standard InChI is InChI=1S/C19H36N4O3S.HI/c1-5-20-18(22-16-15-8-12-26-17(15)19(16,2)3)21-14-6-9-23(10-7-14)11-13-27(4,24)25;/h14-17H,5-13H2,1-4H3,(H2,20,21,22);1H. The Bertz CT molecular complexity index is 648. The van der Waals surface area contributed by atoms with Gasteiger partial charge in [-0.05, 0) is 26.2 Å². The highest BCUT2D eigenvalue weighted by Crippen LogP contribution is 2.52. The van der Waals surface area contributed by atoms with Gasteiger partial charge in [-0.15, -0.1) is 24.0 Å². The summed E-state index contributed by atoms with van der Waals surface area (Å²) in [6.07, 6.45) is 4.83. The predicted octanol–water partition coefficient (Wildman–Crippen LogP) is 1.48. The molecule has 3 fully saturated rings. The van der Waals surface area contributed by atoms with Crippen molar-refractivity contribution in [2.45, 2.75) is 58.2 Å². The van der Waals surface area contributed by atoms with E-state index in [2.05, 4.69) is 41.3 Å². The van der Waals surface area contributed by atoms with Gasteiger partial charge in [0.25, 0.3) is 0 Å². The Morgan fingerprint density at radius 3 is 2.50 bits per heavy atom. The molecule has 0 spiro atoms. The molecule has 1 saturated carbocycles. The van der Waals surface area contributed by atoms with Crippen molar-refractivity contribution in [3.8, 4) is 0 Å². The second kappa shape index (κ2) is 9.78. The van der Waals surface area contributed by atoms with Gasteiger partial charge in [-0.2, -0.15) is 0 Å². The summed E-state index contributed by atoms with van der Waals surface area (Å²) in [4.78, 5) is 6.92. The highest BCUT2D eigenvalue weighted by molar-refractivity contribution is 14.0. The summed E-state index contributed by atoms with van der Waals surface area (Å²) < 4.78 is 28.6. The molecule has 3 rings (SSSR count). The van der Waals surface area contributed by atoms with Crippen LogP contribution in [0.1, 0.15) is 40.0 Å². The minimum absolute atomic E-state index is 0. The number of sulfone groups is 1. The number of likely N-dealkylation sites (tertiary alicyclic amines) is 1. The quantitative estimate of drug-likeness (QED) is 0.309. The van der Waals surface area contributed by atoms with Crippen LogP contribution in [0.5, 0.6) is 0 Å². The van der Waals surface area contributed by atoms with Gasteiger partial charge in [0.05, 0.1) is 11.9 Å². The van der Waals surface area contributed by atoms with Crippen molar-refractivity contribution in [1.29, 1.82) is 0 Å². The zero-order valence-electron chi connectivity index (χ0n) is 17.6. The van der Waals surface area contributed by atoms with E-state index in [1.807, 2.05) is 0 Å². The number of halogens is 1. The lowest BCUT2D eigenvalue weighted by atomic mass is 9.57. The summed E-state index contributed by atoms with van der Waals surface area (Å²) in [5, 5.41) is 7.31. The third-order valence-corrected chi connectivity index (χ3v) is 7.34. The molecular weight excluding hydrogens is 491 g/mol. The van der Waals surface area contributed by atoms with Crippen LogP contribution in [0.25, 0.3) is 0 Å². The number of nitrogens with one attached hydrogen (secondary N) is 2. The molecule has 0 aromatic heterocycles. The number of hydrogen-bond donors (Lipinski definition) is 2. The summed E-state index contributed by atoms with van der Waals surface area (Å²) >= 11 is 0. The van der Waals surface area contributed by atoms with Crippen LogP contribution in [-0.4, -0.2) is 82.3 Å². The van der Waals surface area contributed by atoms with Crippen LogP contribution in [-0.2, 0) is 14.6 Å². The van der Waals surface area contributed by atoms with Gasteiger partial charge in [-0.3, -0.25) is 4.99 Å². The largest absolute Gasteiger partial charge is 0.377 e. The van der Waals surface area contributed by atoms with Crippen LogP contribution in [0.2, 0.25) is 0 Å². The van der Waals surface area contributed by atoms with Gasteiger partial charge in [0, 0.05) is 62.5 Å². The van der Waals surface area contributed by atoms with E-state index in [0.29, 0.717) is 30.7 Å². The van der Waals surface area contributed by atoms with Crippen molar-refractivity contribution < 1.29 is 13.2 Å². The summed E-state index contributed by atoms with van der Waals surface area (Å²) in [7, 11) is -2.89. The topological polar surface area (TPSA) is 83.0 Å². The molecule has 0 aromatic rings. The van der Waals surface area contributed by atoms with Gasteiger partial charge >= 0.3 is 0 Å². The van der Waals surface area contributed by atoms with Gasteiger partial charge in [-0.1, -0.05) is 13.8 Å². The predicted molar refractivity (Wildman–Crippen MR) is 124 cm³/mol. The molecule has 2 aliphatic heterocycles. The van der Waals surface area contributed by atoms with Crippen LogP contribution in [0.3, 0.4) is 0 Å². The first-order valence-corrected chi connectivity index (χ1v) is 12.4. The third-order valence-electron chi connectivity index (χ3n) is 6.42. The van der Waals surface area contributed by atoms with Crippen LogP contribution in [0.15, 0.2) is 4.99 Å². The second-order valence-electron chi connectivity index (χ2n) is 8.90. The molecule has 2 saturated heterocycles. The minimum atomic E-state index is -2.89. The number of hydrogen-bond acceptors (Lipinski definition) is 5. The molecule has 0 amide bonds. The van der Waals surface area contributed by atoms with E-state index in [0.717, 1.165) is 51.5 Å². The van der Waals surface area contributed by atoms with Gasteiger partial charge < -0.3 is 20.3 Å². The maximum Gasteiger partial charge on any atom is 0.191 e. The molecule has 1 aliphatic carbocycles. The smallest absolute Gasteiger partial charge is 0.191 e. The molecule has 3 aliphatic rings. The lowest BCUT2D eigenvalue weighted by Gasteiger charge is -2.55. The van der Waals surface area contributed by atoms with Gasteiger partial charge in [0.15, 0.2) is 5.96 Å². The first-order chi connectivity index (χ1) is 12.7. The summed E-state index contributed by atoms with van der Waals surface area (Å²) in [6, 6.07) is 0.786. The monoisotopic (exact) mass is 528 g/mol. The molecule has 0 bridgehead atoms. The van der Waals surface area contributed by atoms with Crippen molar-refractivity contribution in [3.05, 3.63) is 0 Å². The Labute approximate surface area is 187 Å². The minimum Gasteiger partial charge on any atom is -0.377 e. The second-order valence-corrected chi connectivity index (χ2v) is 11.2. The third kappa shape index (κ3) is 5.72. The van der Waals surface area contributed by atoms with E-state index in [-0.39, 0.29) is 35.1 Å². The summed E-state index contributed by atoms with van der Waals surface area (Å²) in [5.41, 5.74) is 0.131. The van der Waals surface area contributed by atoms with Gasteiger partial charge in [-0.25, -0.2) is 8.42 Å². The van der Waals surface area contributed by atoms with E-state index < -0.39 is 9.84 Å². The zero-order valence-corrected chi connectivity index (χ0v) is 20.8. The van der Waals surface area contributed by atoms with Crippen molar-refractivity contribution in [3.63, 3.8) is 0 Å². The molecule has 28 heavy (non-hydrogen) atoms. The number of nitrogens with zero attached hydrogens (tertiary/aromatic N) is 2. The van der Waals surface area contributed by atoms with Crippen LogP contribution in [0.4, 0.5) is 0 Å². The lowest BCUT2D eigenvalue weighted by Crippen LogP contribution is -2.68. The number of piperidine rings is 1. The number of aliphatic imine (C=N–C) groups is 1. The van der Waals surface area contributed by atoms with Crippen molar-refractivity contribution in [2.75, 3.05) is 44.8 Å². The molecular formula is C19H37IN4O3S. The Balaban J connectivity index is 0.00000280. The SMILES string of the molecule is CCN=C(NC1CCN(CCS(C)(=O)=O)CC1)NC1C2CCOC2C1(C)C.I. The van der Waals surface area contributed by atoms with E-state index in [9.17, 15) is 8.42 Å². The normalized spacial score (nSPS) is 30.9. The first-order valence-electron chi connectivity index (χ1n) is 10.3. The number of rotatable bonds is 6. The molecule has 2 N–H and O–H groups in total. The molecule has 164 valence electrons. The molecule has 0 radical (unpaired) electrons. The van der Waals surface area contributed by atoms with Crippen molar-refractivity contribution in [2.24, 2.45) is 16.3 Å². The first kappa shape index (κ1) is 24.1. The number of fused-ring (bicyclic) bond motifs is 1. The highest BCUT2D eigenvalue weighted by atomic mass is 127. The molecule has 2 heterocycles. The van der Waals surface area contributed by atoms with Crippen LogP contribution in [0, 0.1) is 11.3 Å². The van der Waals surface area contributed by atoms with E-state index in [1.165, 1.54) is 6.26 Å². The summed E-state index contributed by atoms with van der Waals surface area (Å²) in [5.74, 6) is 1.74. The zero-order chi connectivity index (χ0) is 19.7. The maximum atomic E-state index is 11.4. The number of guanidine groups is 1. The van der Waals surface area contributed by atoms with E-state index in [1.54, 1.807) is 0 Å². The molecule has 7 nitrogen and oxygen atoms in total. The lowest BCUT2D eigenvalue weighted by molar-refractivity contribution is -0.106. The fourth-order valence-corrected chi connectivity index (χ4v) is 5.43. The van der Waals surface area contributed by atoms with Crippen molar-refractivity contribution >= 4 is 39.8 Å². The molecule has 0 aromatic carbocycles. The average molecular weight is 529 g/mol. The Kier molecular flexibility index (Phi) is 8.44. The maximum absolute atomic E-state index is 11.4. The van der Waals surface area contributed by atoms with E-state index >= 15 is 0 Å². The highest BCUT2D eigenvalue weighted by Gasteiger charge is 2.59. The Morgan fingerprint density at radius 1 is 1.21 bits per heavy atom. The fraction of sp³-hybridized carbons (Fsp3) is 0.947. The molecule has 9 heteroatoms. The average Bonchev–Trinajstić information content (AvgIpc) is 3.05. The summed E-state index contributed by atoms with van der Waals surface area (Å²) in [6.45, 7) is 10.7.